The zero-order valence-corrected chi connectivity index (χ0v) is 13.4. The number of hydrogen-bond donors (Lipinski definition) is 1. The van der Waals surface area contributed by atoms with Crippen LogP contribution < -0.4 is 5.73 Å². The van der Waals surface area contributed by atoms with Crippen LogP contribution in [-0.4, -0.2) is 0 Å². The molecule has 0 bridgehead atoms. The summed E-state index contributed by atoms with van der Waals surface area (Å²) in [7, 11) is 0. The summed E-state index contributed by atoms with van der Waals surface area (Å²) in [4.78, 5) is 0. The van der Waals surface area contributed by atoms with Crippen LogP contribution in [0.3, 0.4) is 0 Å². The molecule has 1 fully saturated rings. The monoisotopic (exact) mass is 259 g/mol. The van der Waals surface area contributed by atoms with Gasteiger partial charge in [0.05, 0.1) is 0 Å². The van der Waals surface area contributed by atoms with Crippen LogP contribution in [0.2, 0.25) is 0 Å². The largest absolute Gasteiger partial charge is 0.321 e. The standard InChI is InChI=1S/C18H29N/c1-13-7-14(2)9-15(8-13)18(19)11-16(3,4)10-17(5,6)12-18/h7-9H,10-12,19H2,1-6H3. The smallest absolute Gasteiger partial charge is 0.0420 e. The summed E-state index contributed by atoms with van der Waals surface area (Å²) in [6, 6.07) is 6.79. The van der Waals surface area contributed by atoms with E-state index in [1.807, 2.05) is 0 Å². The SMILES string of the molecule is Cc1cc(C)cc(C2(N)CC(C)(C)CC(C)(C)C2)c1. The number of aryl methyl sites for hydroxylation is 2. The second-order valence-electron chi connectivity index (χ2n) is 8.39. The highest BCUT2D eigenvalue weighted by Crippen LogP contribution is 2.52. The minimum Gasteiger partial charge on any atom is -0.321 e. The molecule has 0 amide bonds. The fraction of sp³-hybridized carbons (Fsp3) is 0.667. The highest BCUT2D eigenvalue weighted by atomic mass is 14.8. The second-order valence-corrected chi connectivity index (χ2v) is 8.39. The summed E-state index contributed by atoms with van der Waals surface area (Å²) in [5, 5.41) is 0. The van der Waals surface area contributed by atoms with Crippen LogP contribution in [0.1, 0.15) is 63.6 Å². The van der Waals surface area contributed by atoms with Crippen molar-refractivity contribution in [2.75, 3.05) is 0 Å². The molecule has 0 atom stereocenters. The molecule has 0 spiro atoms. The van der Waals surface area contributed by atoms with Gasteiger partial charge in [0.25, 0.3) is 0 Å². The van der Waals surface area contributed by atoms with E-state index < -0.39 is 0 Å². The maximum atomic E-state index is 6.87. The van der Waals surface area contributed by atoms with Crippen molar-refractivity contribution in [1.29, 1.82) is 0 Å². The van der Waals surface area contributed by atoms with Crippen LogP contribution in [0.5, 0.6) is 0 Å². The number of hydrogen-bond acceptors (Lipinski definition) is 1. The summed E-state index contributed by atoms with van der Waals surface area (Å²) in [6.07, 6.45) is 3.41. The molecule has 0 aliphatic heterocycles. The first-order valence-corrected chi connectivity index (χ1v) is 7.39. The first kappa shape index (κ1) is 14.6. The lowest BCUT2D eigenvalue weighted by molar-refractivity contribution is 0.0470. The van der Waals surface area contributed by atoms with Crippen molar-refractivity contribution >= 4 is 0 Å². The van der Waals surface area contributed by atoms with Crippen LogP contribution >= 0.6 is 0 Å². The van der Waals surface area contributed by atoms with Gasteiger partial charge in [-0.25, -0.2) is 0 Å². The predicted molar refractivity (Wildman–Crippen MR) is 83.2 cm³/mol. The van der Waals surface area contributed by atoms with Gasteiger partial charge in [-0.05, 0) is 49.5 Å². The molecule has 0 heterocycles. The zero-order valence-electron chi connectivity index (χ0n) is 13.4. The van der Waals surface area contributed by atoms with Gasteiger partial charge in [0.2, 0.25) is 0 Å². The lowest BCUT2D eigenvalue weighted by Gasteiger charge is -2.51. The van der Waals surface area contributed by atoms with Gasteiger partial charge in [-0.2, -0.15) is 0 Å². The van der Waals surface area contributed by atoms with Crippen molar-refractivity contribution in [3.05, 3.63) is 34.9 Å². The fourth-order valence-corrected chi connectivity index (χ4v) is 4.66. The van der Waals surface area contributed by atoms with Crippen LogP contribution in [0.15, 0.2) is 18.2 Å². The Kier molecular flexibility index (Phi) is 3.33. The van der Waals surface area contributed by atoms with Gasteiger partial charge < -0.3 is 5.73 Å². The van der Waals surface area contributed by atoms with E-state index in [0.29, 0.717) is 10.8 Å². The lowest BCUT2D eigenvalue weighted by atomic mass is 9.57. The molecule has 106 valence electrons. The molecule has 0 radical (unpaired) electrons. The van der Waals surface area contributed by atoms with E-state index in [4.69, 9.17) is 5.73 Å². The molecule has 1 saturated carbocycles. The molecule has 19 heavy (non-hydrogen) atoms. The molecule has 2 N–H and O–H groups in total. The van der Waals surface area contributed by atoms with E-state index in [1.165, 1.54) is 23.1 Å². The maximum absolute atomic E-state index is 6.87. The van der Waals surface area contributed by atoms with Gasteiger partial charge in [0.15, 0.2) is 0 Å². The molecule has 0 saturated heterocycles. The van der Waals surface area contributed by atoms with Crippen molar-refractivity contribution in [3.63, 3.8) is 0 Å². The number of benzene rings is 1. The predicted octanol–water partition coefficient (Wildman–Crippen LogP) is 4.69. The highest BCUT2D eigenvalue weighted by Gasteiger charge is 2.46. The van der Waals surface area contributed by atoms with E-state index in [0.717, 1.165) is 12.8 Å². The third-order valence-corrected chi connectivity index (χ3v) is 4.34. The molecular weight excluding hydrogens is 230 g/mol. The molecule has 0 aromatic heterocycles. The van der Waals surface area contributed by atoms with Crippen LogP contribution in [0, 0.1) is 24.7 Å². The summed E-state index contributed by atoms with van der Waals surface area (Å²) in [5.41, 5.74) is 11.3. The quantitative estimate of drug-likeness (QED) is 0.777. The summed E-state index contributed by atoms with van der Waals surface area (Å²) in [6.45, 7) is 13.8. The third kappa shape index (κ3) is 3.20. The Hall–Kier alpha value is -0.820. The Morgan fingerprint density at radius 3 is 1.63 bits per heavy atom. The molecule has 1 nitrogen and oxygen atoms in total. The first-order chi connectivity index (χ1) is 8.51. The van der Waals surface area contributed by atoms with E-state index in [1.54, 1.807) is 0 Å². The van der Waals surface area contributed by atoms with Gasteiger partial charge in [0, 0.05) is 5.54 Å². The number of rotatable bonds is 1. The van der Waals surface area contributed by atoms with Crippen molar-refractivity contribution in [1.82, 2.24) is 0 Å². The van der Waals surface area contributed by atoms with E-state index >= 15 is 0 Å². The molecule has 1 heteroatoms. The van der Waals surface area contributed by atoms with Gasteiger partial charge in [-0.15, -0.1) is 0 Å². The van der Waals surface area contributed by atoms with Gasteiger partial charge in [-0.3, -0.25) is 0 Å². The molecule has 1 aromatic carbocycles. The molecule has 1 aromatic rings. The van der Waals surface area contributed by atoms with Crippen molar-refractivity contribution < 1.29 is 0 Å². The topological polar surface area (TPSA) is 26.0 Å². The van der Waals surface area contributed by atoms with Crippen molar-refractivity contribution in [2.24, 2.45) is 16.6 Å². The Labute approximate surface area is 118 Å². The number of nitrogens with two attached hydrogens (primary N) is 1. The summed E-state index contributed by atoms with van der Waals surface area (Å²) >= 11 is 0. The van der Waals surface area contributed by atoms with Crippen molar-refractivity contribution in [2.45, 2.75) is 66.3 Å². The van der Waals surface area contributed by atoms with E-state index in [9.17, 15) is 0 Å². The van der Waals surface area contributed by atoms with Crippen LogP contribution in [-0.2, 0) is 5.54 Å². The van der Waals surface area contributed by atoms with Crippen LogP contribution in [0.4, 0.5) is 0 Å². The average Bonchev–Trinajstić information content (AvgIpc) is 2.09. The van der Waals surface area contributed by atoms with E-state index in [-0.39, 0.29) is 5.54 Å². The second kappa shape index (κ2) is 4.34. The average molecular weight is 259 g/mol. The molecule has 1 aliphatic rings. The Bertz CT molecular complexity index is 446. The van der Waals surface area contributed by atoms with Crippen molar-refractivity contribution in [3.8, 4) is 0 Å². The zero-order chi connectivity index (χ0) is 14.5. The highest BCUT2D eigenvalue weighted by molar-refractivity contribution is 5.34. The van der Waals surface area contributed by atoms with E-state index in [2.05, 4.69) is 59.7 Å². The molecular formula is C18H29N. The minimum atomic E-state index is -0.179. The Balaban J connectivity index is 2.46. The first-order valence-electron chi connectivity index (χ1n) is 7.39. The van der Waals surface area contributed by atoms with Gasteiger partial charge in [-0.1, -0.05) is 57.0 Å². The Morgan fingerprint density at radius 2 is 1.21 bits per heavy atom. The molecule has 1 aliphatic carbocycles. The van der Waals surface area contributed by atoms with Gasteiger partial charge in [0.1, 0.15) is 0 Å². The minimum absolute atomic E-state index is 0.179. The summed E-state index contributed by atoms with van der Waals surface area (Å²) in [5.74, 6) is 0. The summed E-state index contributed by atoms with van der Waals surface area (Å²) < 4.78 is 0. The Morgan fingerprint density at radius 1 is 0.789 bits per heavy atom. The lowest BCUT2D eigenvalue weighted by Crippen LogP contribution is -2.49. The maximum Gasteiger partial charge on any atom is 0.0420 e. The fourth-order valence-electron chi connectivity index (χ4n) is 4.66. The molecule has 0 unspecified atom stereocenters. The van der Waals surface area contributed by atoms with Gasteiger partial charge >= 0.3 is 0 Å². The third-order valence-electron chi connectivity index (χ3n) is 4.34. The van der Waals surface area contributed by atoms with Crippen LogP contribution in [0.25, 0.3) is 0 Å². The normalized spacial score (nSPS) is 24.2. The molecule has 2 rings (SSSR count).